The first-order valence-corrected chi connectivity index (χ1v) is 6.15. The van der Waals surface area contributed by atoms with Crippen LogP contribution in [0, 0.1) is 10.1 Å². The molecule has 0 fully saturated rings. The van der Waals surface area contributed by atoms with Gasteiger partial charge in [-0.25, -0.2) is 0 Å². The van der Waals surface area contributed by atoms with Crippen molar-refractivity contribution < 1.29 is 9.72 Å². The van der Waals surface area contributed by atoms with Gasteiger partial charge in [-0.05, 0) is 12.1 Å². The van der Waals surface area contributed by atoms with E-state index in [0.29, 0.717) is 18.8 Å². The van der Waals surface area contributed by atoms with E-state index >= 15 is 0 Å². The van der Waals surface area contributed by atoms with Crippen molar-refractivity contribution in [1.82, 2.24) is 15.0 Å². The molecule has 0 atom stereocenters. The molecule has 0 aliphatic heterocycles. The Morgan fingerprint density at radius 2 is 2.10 bits per heavy atom. The number of anilines is 1. The predicted octanol–water partition coefficient (Wildman–Crippen LogP) is 0.422. The van der Waals surface area contributed by atoms with E-state index in [1.807, 2.05) is 0 Å². The van der Waals surface area contributed by atoms with Gasteiger partial charge in [0, 0.05) is 31.4 Å². The molecule has 0 saturated carbocycles. The van der Waals surface area contributed by atoms with Crippen molar-refractivity contribution in [2.75, 3.05) is 18.5 Å². The number of hydrogen-bond acceptors (Lipinski definition) is 6. The maximum Gasteiger partial charge on any atom is 0.280 e. The summed E-state index contributed by atoms with van der Waals surface area (Å²) < 4.78 is 1.48. The number of carbonyl (C=O) groups excluding carboxylic acids is 1. The van der Waals surface area contributed by atoms with Gasteiger partial charge in [-0.2, -0.15) is 0 Å². The van der Waals surface area contributed by atoms with E-state index in [1.165, 1.54) is 40.0 Å². The highest BCUT2D eigenvalue weighted by atomic mass is 16.6. The molecule has 0 saturated heterocycles. The predicted molar refractivity (Wildman–Crippen MR) is 74.9 cm³/mol. The van der Waals surface area contributed by atoms with Crippen molar-refractivity contribution in [3.63, 3.8) is 0 Å². The van der Waals surface area contributed by atoms with Gasteiger partial charge in [0.15, 0.2) is 5.69 Å². The molecule has 0 aliphatic rings. The lowest BCUT2D eigenvalue weighted by Gasteiger charge is -2.15. The lowest BCUT2D eigenvalue weighted by Crippen LogP contribution is -2.26. The summed E-state index contributed by atoms with van der Waals surface area (Å²) >= 11 is 0. The quantitative estimate of drug-likeness (QED) is 0.629. The normalized spacial score (nSPS) is 10.4. The molecule has 0 spiro atoms. The van der Waals surface area contributed by atoms with Crippen LogP contribution >= 0.6 is 0 Å². The lowest BCUT2D eigenvalue weighted by atomic mass is 10.2. The van der Waals surface area contributed by atoms with Gasteiger partial charge in [0.05, 0.1) is 17.7 Å². The molecule has 9 heteroatoms. The molecule has 21 heavy (non-hydrogen) atoms. The van der Waals surface area contributed by atoms with E-state index in [4.69, 9.17) is 5.73 Å². The van der Waals surface area contributed by atoms with Crippen LogP contribution in [0.15, 0.2) is 30.5 Å². The van der Waals surface area contributed by atoms with E-state index in [0.717, 1.165) is 0 Å². The molecule has 1 amide bonds. The largest absolute Gasteiger partial charge is 0.329 e. The summed E-state index contributed by atoms with van der Waals surface area (Å²) in [6.07, 6.45) is 1.51. The number of carbonyl (C=O) groups is 1. The van der Waals surface area contributed by atoms with Crippen molar-refractivity contribution in [3.05, 3.63) is 46.3 Å². The standard InChI is InChI=1S/C12H14N6O3/c1-16(9-2-4-10(5-3-9)18(20)21)12(19)11-8-17(7-6-13)15-14-11/h2-5,8H,6-7,13H2,1H3. The van der Waals surface area contributed by atoms with Crippen LogP contribution in [0.1, 0.15) is 10.5 Å². The van der Waals surface area contributed by atoms with Gasteiger partial charge in [0.25, 0.3) is 11.6 Å². The maximum atomic E-state index is 12.2. The molecule has 1 heterocycles. The summed E-state index contributed by atoms with van der Waals surface area (Å²) in [6.45, 7) is 0.872. The van der Waals surface area contributed by atoms with Gasteiger partial charge in [-0.3, -0.25) is 19.6 Å². The van der Waals surface area contributed by atoms with Gasteiger partial charge in [0.2, 0.25) is 0 Å². The van der Waals surface area contributed by atoms with Gasteiger partial charge in [0.1, 0.15) is 0 Å². The molecule has 0 bridgehead atoms. The van der Waals surface area contributed by atoms with E-state index in [9.17, 15) is 14.9 Å². The second-order valence-electron chi connectivity index (χ2n) is 4.29. The smallest absolute Gasteiger partial charge is 0.280 e. The lowest BCUT2D eigenvalue weighted by molar-refractivity contribution is -0.384. The molecule has 110 valence electrons. The summed E-state index contributed by atoms with van der Waals surface area (Å²) in [4.78, 5) is 23.7. The zero-order valence-electron chi connectivity index (χ0n) is 11.3. The van der Waals surface area contributed by atoms with Crippen LogP contribution in [-0.4, -0.2) is 39.4 Å². The second kappa shape index (κ2) is 6.09. The number of nitrogens with two attached hydrogens (primary N) is 1. The molecule has 1 aromatic carbocycles. The second-order valence-corrected chi connectivity index (χ2v) is 4.29. The third kappa shape index (κ3) is 3.20. The topological polar surface area (TPSA) is 120 Å². The molecule has 2 aromatic rings. The highest BCUT2D eigenvalue weighted by Crippen LogP contribution is 2.19. The van der Waals surface area contributed by atoms with E-state index in [1.54, 1.807) is 7.05 Å². The van der Waals surface area contributed by atoms with Crippen LogP contribution in [0.25, 0.3) is 0 Å². The Hall–Kier alpha value is -2.81. The van der Waals surface area contributed by atoms with E-state index in [2.05, 4.69) is 10.3 Å². The third-order valence-electron chi connectivity index (χ3n) is 2.87. The molecule has 1 aromatic heterocycles. The number of benzene rings is 1. The van der Waals surface area contributed by atoms with Crippen LogP contribution in [0.4, 0.5) is 11.4 Å². The van der Waals surface area contributed by atoms with Crippen LogP contribution < -0.4 is 10.6 Å². The number of amides is 1. The summed E-state index contributed by atoms with van der Waals surface area (Å²) in [5.74, 6) is -0.355. The van der Waals surface area contributed by atoms with Gasteiger partial charge in [-0.15, -0.1) is 5.10 Å². The van der Waals surface area contributed by atoms with Crippen LogP contribution in [0.2, 0.25) is 0 Å². The Morgan fingerprint density at radius 3 is 2.67 bits per heavy atom. The SMILES string of the molecule is CN(C(=O)c1cn(CCN)nn1)c1ccc([N+](=O)[O-])cc1. The maximum absolute atomic E-state index is 12.2. The minimum atomic E-state index is -0.496. The molecule has 0 radical (unpaired) electrons. The Balaban J connectivity index is 2.15. The number of aromatic nitrogens is 3. The van der Waals surface area contributed by atoms with Gasteiger partial charge in [-0.1, -0.05) is 5.21 Å². The molecule has 0 aliphatic carbocycles. The average Bonchev–Trinajstić information content (AvgIpc) is 2.95. The van der Waals surface area contributed by atoms with Crippen molar-refractivity contribution >= 4 is 17.3 Å². The Kier molecular flexibility index (Phi) is 4.24. The first kappa shape index (κ1) is 14.6. The summed E-state index contributed by atoms with van der Waals surface area (Å²) in [5.41, 5.74) is 6.07. The van der Waals surface area contributed by atoms with E-state index < -0.39 is 4.92 Å². The number of nitrogens with zero attached hydrogens (tertiary/aromatic N) is 5. The number of non-ortho nitro benzene ring substituents is 1. The fourth-order valence-electron chi connectivity index (χ4n) is 1.72. The zero-order chi connectivity index (χ0) is 15.4. The van der Waals surface area contributed by atoms with Crippen LogP contribution in [0.5, 0.6) is 0 Å². The van der Waals surface area contributed by atoms with E-state index in [-0.39, 0.29) is 17.3 Å². The molecule has 0 unspecified atom stereocenters. The Labute approximate surface area is 120 Å². The molecule has 2 rings (SSSR count). The Bertz CT molecular complexity index is 651. The first-order valence-electron chi connectivity index (χ1n) is 6.15. The number of hydrogen-bond donors (Lipinski definition) is 1. The number of nitro benzene ring substituents is 1. The monoisotopic (exact) mass is 290 g/mol. The zero-order valence-corrected chi connectivity index (χ0v) is 11.3. The van der Waals surface area contributed by atoms with Crippen molar-refractivity contribution in [2.45, 2.75) is 6.54 Å². The highest BCUT2D eigenvalue weighted by Gasteiger charge is 2.17. The highest BCUT2D eigenvalue weighted by molar-refractivity contribution is 6.04. The van der Waals surface area contributed by atoms with Crippen LogP contribution in [0.3, 0.4) is 0 Å². The minimum absolute atomic E-state index is 0.0338. The minimum Gasteiger partial charge on any atom is -0.329 e. The average molecular weight is 290 g/mol. The van der Waals surface area contributed by atoms with Gasteiger partial charge < -0.3 is 10.6 Å². The van der Waals surface area contributed by atoms with Crippen molar-refractivity contribution in [3.8, 4) is 0 Å². The Morgan fingerprint density at radius 1 is 1.43 bits per heavy atom. The fourth-order valence-corrected chi connectivity index (χ4v) is 1.72. The summed E-state index contributed by atoms with van der Waals surface area (Å²) in [6, 6.07) is 5.68. The fraction of sp³-hybridized carbons (Fsp3) is 0.250. The molecule has 9 nitrogen and oxygen atoms in total. The third-order valence-corrected chi connectivity index (χ3v) is 2.87. The summed E-state index contributed by atoms with van der Waals surface area (Å²) in [7, 11) is 1.56. The molecule has 2 N–H and O–H groups in total. The first-order chi connectivity index (χ1) is 10.0. The van der Waals surface area contributed by atoms with Crippen LogP contribution in [-0.2, 0) is 6.54 Å². The summed E-state index contributed by atoms with van der Waals surface area (Å²) in [5, 5.41) is 18.2. The molecular formula is C12H14N6O3. The molecular weight excluding hydrogens is 276 g/mol. The van der Waals surface area contributed by atoms with Crippen molar-refractivity contribution in [2.24, 2.45) is 5.73 Å². The number of rotatable bonds is 5. The van der Waals surface area contributed by atoms with Crippen molar-refractivity contribution in [1.29, 1.82) is 0 Å². The number of nitro groups is 1. The van der Waals surface area contributed by atoms with Gasteiger partial charge >= 0.3 is 0 Å².